The minimum atomic E-state index is -0.480. The first-order valence-electron chi connectivity index (χ1n) is 7.17. The van der Waals surface area contributed by atoms with Crippen molar-refractivity contribution in [3.05, 3.63) is 0 Å². The molecular weight excluding hydrogens is 212 g/mol. The number of aliphatic hydroxyl groups is 1. The molecule has 0 aromatic rings. The monoisotopic (exact) mass is 238 g/mol. The summed E-state index contributed by atoms with van der Waals surface area (Å²) >= 11 is 0. The van der Waals surface area contributed by atoms with Gasteiger partial charge in [0, 0.05) is 0 Å². The van der Waals surface area contributed by atoms with E-state index in [1.807, 2.05) is 0 Å². The number of hydrogen-bond donors (Lipinski definition) is 1. The van der Waals surface area contributed by atoms with Crippen LogP contribution in [0.1, 0.15) is 59.8 Å². The van der Waals surface area contributed by atoms with Crippen LogP contribution in [0.2, 0.25) is 0 Å². The molecule has 0 bridgehead atoms. The molecule has 1 heterocycles. The van der Waals surface area contributed by atoms with E-state index in [4.69, 9.17) is 4.74 Å². The molecule has 1 N–H and O–H groups in total. The van der Waals surface area contributed by atoms with Crippen molar-refractivity contribution in [3.8, 4) is 0 Å². The maximum Gasteiger partial charge on any atom is 0.0923 e. The van der Waals surface area contributed by atoms with E-state index < -0.39 is 5.60 Å². The minimum Gasteiger partial charge on any atom is -0.390 e. The lowest BCUT2D eigenvalue weighted by atomic mass is 9.60. The third-order valence-corrected chi connectivity index (χ3v) is 5.86. The fourth-order valence-electron chi connectivity index (χ4n) is 4.65. The van der Waals surface area contributed by atoms with Gasteiger partial charge < -0.3 is 9.84 Å². The average molecular weight is 238 g/mol. The standard InChI is InChI=1S/C15H26O2/c1-13(2)7-5-8-14(3,16)10-6-9-15(4)12(17-15)11(10)13/h10-12,16H,5-9H2,1-4H3/t10-,11-,12-,14-,15+/m1/s1. The van der Waals surface area contributed by atoms with E-state index >= 15 is 0 Å². The molecule has 0 amide bonds. The molecule has 2 aliphatic carbocycles. The second-order valence-electron chi connectivity index (χ2n) is 7.72. The van der Waals surface area contributed by atoms with Gasteiger partial charge in [0.15, 0.2) is 0 Å². The van der Waals surface area contributed by atoms with Crippen LogP contribution in [0.3, 0.4) is 0 Å². The molecule has 1 saturated heterocycles. The Morgan fingerprint density at radius 2 is 1.76 bits per heavy atom. The highest BCUT2D eigenvalue weighted by Gasteiger charge is 2.66. The van der Waals surface area contributed by atoms with Crippen LogP contribution in [0.25, 0.3) is 0 Å². The molecule has 0 unspecified atom stereocenters. The van der Waals surface area contributed by atoms with Gasteiger partial charge in [0.25, 0.3) is 0 Å². The van der Waals surface area contributed by atoms with Gasteiger partial charge in [-0.25, -0.2) is 0 Å². The molecule has 0 aromatic heterocycles. The summed E-state index contributed by atoms with van der Waals surface area (Å²) in [5.41, 5.74) is -0.0292. The van der Waals surface area contributed by atoms with Crippen LogP contribution in [-0.2, 0) is 4.74 Å². The third kappa shape index (κ3) is 1.67. The largest absolute Gasteiger partial charge is 0.390 e. The molecule has 3 rings (SSSR count). The maximum atomic E-state index is 10.7. The van der Waals surface area contributed by atoms with Gasteiger partial charge in [-0.15, -0.1) is 0 Å². The van der Waals surface area contributed by atoms with Gasteiger partial charge in [0.05, 0.1) is 17.3 Å². The van der Waals surface area contributed by atoms with E-state index in [0.29, 0.717) is 23.4 Å². The van der Waals surface area contributed by atoms with E-state index in [0.717, 1.165) is 25.7 Å². The molecule has 3 aliphatic rings. The van der Waals surface area contributed by atoms with E-state index in [-0.39, 0.29) is 5.60 Å². The smallest absolute Gasteiger partial charge is 0.0923 e. The normalized spacial score (nSPS) is 56.6. The number of hydrogen-bond acceptors (Lipinski definition) is 2. The summed E-state index contributed by atoms with van der Waals surface area (Å²) < 4.78 is 6.01. The molecule has 2 saturated carbocycles. The molecule has 98 valence electrons. The van der Waals surface area contributed by atoms with Crippen LogP contribution >= 0.6 is 0 Å². The molecule has 0 radical (unpaired) electrons. The van der Waals surface area contributed by atoms with Crippen molar-refractivity contribution in [2.45, 2.75) is 77.1 Å². The Labute approximate surface area is 105 Å². The van der Waals surface area contributed by atoms with Crippen LogP contribution < -0.4 is 0 Å². The van der Waals surface area contributed by atoms with Gasteiger partial charge in [-0.05, 0) is 56.8 Å². The zero-order valence-electron chi connectivity index (χ0n) is 11.6. The van der Waals surface area contributed by atoms with E-state index in [1.165, 1.54) is 6.42 Å². The van der Waals surface area contributed by atoms with Crippen LogP contribution in [0, 0.1) is 17.3 Å². The summed E-state index contributed by atoms with van der Waals surface area (Å²) in [7, 11) is 0. The van der Waals surface area contributed by atoms with Crippen LogP contribution in [0.4, 0.5) is 0 Å². The lowest BCUT2D eigenvalue weighted by Crippen LogP contribution is -2.48. The number of fused-ring (bicyclic) bond motifs is 3. The summed E-state index contributed by atoms with van der Waals surface area (Å²) in [5.74, 6) is 0.972. The van der Waals surface area contributed by atoms with Crippen molar-refractivity contribution in [2.24, 2.45) is 17.3 Å². The van der Waals surface area contributed by atoms with Gasteiger partial charge in [-0.2, -0.15) is 0 Å². The summed E-state index contributed by atoms with van der Waals surface area (Å²) in [4.78, 5) is 0. The third-order valence-electron chi connectivity index (χ3n) is 5.86. The fourth-order valence-corrected chi connectivity index (χ4v) is 4.65. The fraction of sp³-hybridized carbons (Fsp3) is 1.00. The second kappa shape index (κ2) is 3.27. The Bertz CT molecular complexity index is 334. The Hall–Kier alpha value is -0.0800. The SMILES string of the molecule is CC1(C)CCC[C@@](C)(O)[C@@H]2CC[C@]3(C)O[C@@H]3[C@@H]21. The quantitative estimate of drug-likeness (QED) is 0.658. The van der Waals surface area contributed by atoms with Gasteiger partial charge in [0.2, 0.25) is 0 Å². The summed E-state index contributed by atoms with van der Waals surface area (Å²) in [6, 6.07) is 0. The van der Waals surface area contributed by atoms with E-state index in [2.05, 4.69) is 27.7 Å². The first-order valence-corrected chi connectivity index (χ1v) is 7.17. The van der Waals surface area contributed by atoms with E-state index in [1.54, 1.807) is 0 Å². The number of epoxide rings is 1. The lowest BCUT2D eigenvalue weighted by molar-refractivity contribution is -0.0597. The predicted octanol–water partition coefficient (Wildman–Crippen LogP) is 3.13. The van der Waals surface area contributed by atoms with Crippen molar-refractivity contribution in [2.75, 3.05) is 0 Å². The van der Waals surface area contributed by atoms with Crippen molar-refractivity contribution >= 4 is 0 Å². The van der Waals surface area contributed by atoms with Crippen molar-refractivity contribution in [1.29, 1.82) is 0 Å². The maximum absolute atomic E-state index is 10.7. The first-order chi connectivity index (χ1) is 7.76. The van der Waals surface area contributed by atoms with Gasteiger partial charge >= 0.3 is 0 Å². The highest BCUT2D eigenvalue weighted by molar-refractivity contribution is 5.14. The van der Waals surface area contributed by atoms with Crippen molar-refractivity contribution in [3.63, 3.8) is 0 Å². The molecular formula is C15H26O2. The topological polar surface area (TPSA) is 32.8 Å². The molecule has 17 heavy (non-hydrogen) atoms. The Balaban J connectivity index is 1.97. The van der Waals surface area contributed by atoms with Gasteiger partial charge in [-0.3, -0.25) is 0 Å². The number of ether oxygens (including phenoxy) is 1. The molecule has 2 heteroatoms. The Kier molecular flexibility index (Phi) is 2.30. The Morgan fingerprint density at radius 1 is 1.06 bits per heavy atom. The summed E-state index contributed by atoms with van der Waals surface area (Å²) in [5, 5.41) is 10.7. The second-order valence-corrected chi connectivity index (χ2v) is 7.72. The zero-order valence-corrected chi connectivity index (χ0v) is 11.6. The highest BCUT2D eigenvalue weighted by Crippen LogP contribution is 2.62. The molecule has 0 spiro atoms. The highest BCUT2D eigenvalue weighted by atomic mass is 16.6. The minimum absolute atomic E-state index is 0.138. The van der Waals surface area contributed by atoms with E-state index in [9.17, 15) is 5.11 Å². The number of rotatable bonds is 0. The van der Waals surface area contributed by atoms with Crippen LogP contribution in [0.15, 0.2) is 0 Å². The molecule has 5 atom stereocenters. The lowest BCUT2D eigenvalue weighted by Gasteiger charge is -2.45. The van der Waals surface area contributed by atoms with Crippen molar-refractivity contribution in [1.82, 2.24) is 0 Å². The summed E-state index contributed by atoms with van der Waals surface area (Å²) in [6.45, 7) is 9.06. The molecule has 2 nitrogen and oxygen atoms in total. The molecule has 1 aliphatic heterocycles. The summed E-state index contributed by atoms with van der Waals surface area (Å²) in [6.07, 6.45) is 6.00. The van der Waals surface area contributed by atoms with Crippen LogP contribution in [0.5, 0.6) is 0 Å². The van der Waals surface area contributed by atoms with Gasteiger partial charge in [-0.1, -0.05) is 20.3 Å². The average Bonchev–Trinajstić information content (AvgIpc) is 2.86. The molecule has 0 aromatic carbocycles. The Morgan fingerprint density at radius 3 is 2.47 bits per heavy atom. The molecule has 3 fully saturated rings. The zero-order chi connectivity index (χ0) is 12.5. The predicted molar refractivity (Wildman–Crippen MR) is 67.7 cm³/mol. The van der Waals surface area contributed by atoms with Crippen molar-refractivity contribution < 1.29 is 9.84 Å². The van der Waals surface area contributed by atoms with Gasteiger partial charge in [0.1, 0.15) is 0 Å². The first kappa shape index (κ1) is 12.0. The van der Waals surface area contributed by atoms with Crippen LogP contribution in [-0.4, -0.2) is 22.4 Å².